The predicted octanol–water partition coefficient (Wildman–Crippen LogP) is 10.7. The molecule has 0 unspecified atom stereocenters. The molecule has 0 fully saturated rings. The van der Waals surface area contributed by atoms with Gasteiger partial charge >= 0.3 is 0 Å². The molecule has 0 aliphatic rings. The monoisotopic (exact) mass is 515 g/mol. The number of thiophene rings is 1. The van der Waals surface area contributed by atoms with Crippen LogP contribution in [0.25, 0.3) is 80.7 Å². The molecule has 0 radical (unpaired) electrons. The first-order valence-electron chi connectivity index (χ1n) is 13.2. The van der Waals surface area contributed by atoms with Crippen molar-refractivity contribution in [3.63, 3.8) is 0 Å². The van der Waals surface area contributed by atoms with Gasteiger partial charge in [0, 0.05) is 47.4 Å². The Labute approximate surface area is 227 Å². The van der Waals surface area contributed by atoms with Crippen molar-refractivity contribution >= 4 is 75.3 Å². The summed E-state index contributed by atoms with van der Waals surface area (Å²) in [5.74, 6) is 0. The van der Waals surface area contributed by atoms with Gasteiger partial charge in [0.25, 0.3) is 0 Å². The van der Waals surface area contributed by atoms with Gasteiger partial charge in [-0.2, -0.15) is 0 Å². The number of aromatic nitrogens is 1. The number of nitrogens with zero attached hydrogens (tertiary/aromatic N) is 1. The summed E-state index contributed by atoms with van der Waals surface area (Å²) in [6.07, 6.45) is 0. The van der Waals surface area contributed by atoms with Crippen molar-refractivity contribution in [2.24, 2.45) is 0 Å². The minimum atomic E-state index is 0.941. The molecular weight excluding hydrogens is 494 g/mol. The number of benzene rings is 6. The lowest BCUT2D eigenvalue weighted by Gasteiger charge is -2.11. The Kier molecular flexibility index (Phi) is 4.24. The molecule has 3 heterocycles. The minimum absolute atomic E-state index is 0.941. The third-order valence-corrected chi connectivity index (χ3v) is 9.27. The molecule has 9 aromatic rings. The fraction of sp³-hybridized carbons (Fsp3) is 0. The van der Waals surface area contributed by atoms with E-state index in [1.807, 2.05) is 17.4 Å². The van der Waals surface area contributed by atoms with Crippen LogP contribution in [0.3, 0.4) is 0 Å². The van der Waals surface area contributed by atoms with Crippen molar-refractivity contribution in [1.29, 1.82) is 0 Å². The van der Waals surface area contributed by atoms with E-state index in [0.29, 0.717) is 0 Å². The summed E-state index contributed by atoms with van der Waals surface area (Å²) < 4.78 is 11.2. The molecule has 0 amide bonds. The zero-order chi connectivity index (χ0) is 25.5. The molecule has 0 spiro atoms. The average molecular weight is 516 g/mol. The maximum Gasteiger partial charge on any atom is 0.136 e. The van der Waals surface area contributed by atoms with Gasteiger partial charge in [0.2, 0.25) is 0 Å². The van der Waals surface area contributed by atoms with Gasteiger partial charge < -0.3 is 8.98 Å². The summed E-state index contributed by atoms with van der Waals surface area (Å²) in [4.78, 5) is 0. The number of fused-ring (bicyclic) bond motifs is 10. The van der Waals surface area contributed by atoms with Crippen molar-refractivity contribution in [2.75, 3.05) is 0 Å². The topological polar surface area (TPSA) is 18.1 Å². The second-order valence-corrected chi connectivity index (χ2v) is 11.1. The first kappa shape index (κ1) is 21.1. The zero-order valence-electron chi connectivity index (χ0n) is 20.9. The van der Waals surface area contributed by atoms with E-state index in [-0.39, 0.29) is 0 Å². The highest BCUT2D eigenvalue weighted by atomic mass is 32.1. The van der Waals surface area contributed by atoms with Gasteiger partial charge in [-0.25, -0.2) is 0 Å². The predicted molar refractivity (Wildman–Crippen MR) is 166 cm³/mol. The van der Waals surface area contributed by atoms with E-state index in [0.717, 1.165) is 11.2 Å². The molecule has 0 saturated carbocycles. The lowest BCUT2D eigenvalue weighted by Crippen LogP contribution is -1.94. The third-order valence-electron chi connectivity index (χ3n) is 8.00. The van der Waals surface area contributed by atoms with Gasteiger partial charge in [0.15, 0.2) is 0 Å². The molecule has 0 N–H and O–H groups in total. The highest BCUT2D eigenvalue weighted by Gasteiger charge is 2.17. The van der Waals surface area contributed by atoms with Crippen LogP contribution in [0.5, 0.6) is 0 Å². The van der Waals surface area contributed by atoms with Crippen LogP contribution in [-0.4, -0.2) is 4.57 Å². The maximum atomic E-state index is 6.20. The quantitative estimate of drug-likeness (QED) is 0.224. The molecule has 0 saturated heterocycles. The molecule has 182 valence electrons. The second kappa shape index (κ2) is 7.83. The number of para-hydroxylation sites is 3. The first-order chi connectivity index (χ1) is 19.3. The molecule has 2 nitrogen and oxygen atoms in total. The molecule has 3 heteroatoms. The standard InChI is InChI=1S/C36H21NOS/c1-4-16-30-25(11-1)26-12-2-5-17-31(26)37(30)23-10-7-9-22(21-23)24-14-8-15-27-28-19-20-33-34(36(28)39-35(24)27)29-13-3-6-18-32(29)38-33/h1-21H. The smallest absolute Gasteiger partial charge is 0.136 e. The number of furan rings is 1. The first-order valence-corrected chi connectivity index (χ1v) is 14.0. The molecule has 3 aromatic heterocycles. The van der Waals surface area contributed by atoms with E-state index in [9.17, 15) is 0 Å². The number of rotatable bonds is 2. The van der Waals surface area contributed by atoms with Gasteiger partial charge in [-0.05, 0) is 53.6 Å². The maximum absolute atomic E-state index is 6.20. The third kappa shape index (κ3) is 2.91. The summed E-state index contributed by atoms with van der Waals surface area (Å²) >= 11 is 1.87. The van der Waals surface area contributed by atoms with Crippen LogP contribution < -0.4 is 0 Å². The van der Waals surface area contributed by atoms with Gasteiger partial charge in [-0.1, -0.05) is 84.9 Å². The van der Waals surface area contributed by atoms with E-state index >= 15 is 0 Å². The van der Waals surface area contributed by atoms with Crippen LogP contribution in [0.15, 0.2) is 132 Å². The van der Waals surface area contributed by atoms with E-state index in [1.54, 1.807) is 0 Å². The Morgan fingerprint density at radius 2 is 1.15 bits per heavy atom. The highest BCUT2D eigenvalue weighted by molar-refractivity contribution is 7.27. The second-order valence-electron chi connectivity index (χ2n) is 10.1. The summed E-state index contributed by atoms with van der Waals surface area (Å²) in [5, 5.41) is 7.54. The Bertz CT molecular complexity index is 2350. The SMILES string of the molecule is c1cc(-c2cccc3c2sc2c3ccc3oc4ccccc4c32)cc(-n2c3ccccc3c3ccccc32)c1. The normalized spacial score (nSPS) is 12.1. The molecule has 0 atom stereocenters. The summed E-state index contributed by atoms with van der Waals surface area (Å²) in [6.45, 7) is 0. The lowest BCUT2D eigenvalue weighted by molar-refractivity contribution is 0.669. The molecular formula is C36H21NOS. The number of hydrogen-bond acceptors (Lipinski definition) is 2. The van der Waals surface area contributed by atoms with Gasteiger partial charge in [0.1, 0.15) is 11.2 Å². The van der Waals surface area contributed by atoms with Crippen molar-refractivity contribution in [1.82, 2.24) is 4.57 Å². The fourth-order valence-electron chi connectivity index (χ4n) is 6.31. The Morgan fingerprint density at radius 1 is 0.487 bits per heavy atom. The highest BCUT2D eigenvalue weighted by Crippen LogP contribution is 2.45. The van der Waals surface area contributed by atoms with Crippen LogP contribution in [0.4, 0.5) is 0 Å². The van der Waals surface area contributed by atoms with E-state index in [4.69, 9.17) is 4.42 Å². The fourth-order valence-corrected chi connectivity index (χ4v) is 7.69. The van der Waals surface area contributed by atoms with E-state index < -0.39 is 0 Å². The molecule has 39 heavy (non-hydrogen) atoms. The van der Waals surface area contributed by atoms with Gasteiger partial charge in [0.05, 0.1) is 11.0 Å². The van der Waals surface area contributed by atoms with Crippen molar-refractivity contribution in [3.8, 4) is 16.8 Å². The molecule has 6 aromatic carbocycles. The van der Waals surface area contributed by atoms with Crippen LogP contribution in [0.2, 0.25) is 0 Å². The van der Waals surface area contributed by atoms with Crippen molar-refractivity contribution < 1.29 is 4.42 Å². The van der Waals surface area contributed by atoms with Gasteiger partial charge in [-0.3, -0.25) is 0 Å². The Hall–Kier alpha value is -4.86. The van der Waals surface area contributed by atoms with Crippen molar-refractivity contribution in [2.45, 2.75) is 0 Å². The summed E-state index contributed by atoms with van der Waals surface area (Å²) in [7, 11) is 0. The summed E-state index contributed by atoms with van der Waals surface area (Å²) in [5.41, 5.74) is 8.00. The van der Waals surface area contributed by atoms with Gasteiger partial charge in [-0.15, -0.1) is 11.3 Å². The minimum Gasteiger partial charge on any atom is -0.456 e. The molecule has 9 rings (SSSR count). The van der Waals surface area contributed by atoms with E-state index in [2.05, 4.69) is 126 Å². The van der Waals surface area contributed by atoms with E-state index in [1.165, 1.54) is 69.6 Å². The van der Waals surface area contributed by atoms with Crippen LogP contribution in [0.1, 0.15) is 0 Å². The Morgan fingerprint density at radius 3 is 1.97 bits per heavy atom. The zero-order valence-corrected chi connectivity index (χ0v) is 21.7. The molecule has 0 bridgehead atoms. The Balaban J connectivity index is 1.31. The molecule has 0 aliphatic heterocycles. The lowest BCUT2D eigenvalue weighted by atomic mass is 10.0. The van der Waals surface area contributed by atoms with Crippen molar-refractivity contribution in [3.05, 3.63) is 127 Å². The number of hydrogen-bond donors (Lipinski definition) is 0. The van der Waals surface area contributed by atoms with Crippen LogP contribution in [-0.2, 0) is 0 Å². The van der Waals surface area contributed by atoms with Crippen LogP contribution in [0, 0.1) is 0 Å². The van der Waals surface area contributed by atoms with Crippen LogP contribution >= 0.6 is 11.3 Å². The average Bonchev–Trinajstić information content (AvgIpc) is 3.66. The summed E-state index contributed by atoms with van der Waals surface area (Å²) in [6, 6.07) is 45.7. The largest absolute Gasteiger partial charge is 0.456 e. The molecule has 0 aliphatic carbocycles.